The minimum absolute atomic E-state index is 0.0515. The molecule has 2 aliphatic carbocycles. The lowest BCUT2D eigenvalue weighted by Gasteiger charge is -2.34. The van der Waals surface area contributed by atoms with Crippen LogP contribution in [0.3, 0.4) is 0 Å². The van der Waals surface area contributed by atoms with Crippen molar-refractivity contribution in [1.29, 1.82) is 0 Å². The molecule has 1 saturated heterocycles. The van der Waals surface area contributed by atoms with Gasteiger partial charge in [0, 0.05) is 24.8 Å². The minimum Gasteiger partial charge on any atom is -0.508 e. The molecule has 3 N–H and O–H groups in total. The van der Waals surface area contributed by atoms with Gasteiger partial charge >= 0.3 is 5.97 Å². The van der Waals surface area contributed by atoms with Crippen LogP contribution in [0.4, 0.5) is 11.4 Å². The standard InChI is InChI=1S/C34H38N2O5/c37-28-11-12-30(34(40)35-27-10-9-23-3-1-4-25(23)17-27)32(19-28)36-15-13-22(14-16-36)21-41-29-6-2-5-26(18-29)31(20-33(38)39)24-7-8-24/h2,5-6,9-12,17-19,22,24,31,37H,1,3-4,7-8,13-16,20-21H2,(H,35,40)(H,38,39). The number of aryl methyl sites for hydroxylation is 2. The number of phenolic OH excluding ortho intramolecular Hbond substituents is 1. The van der Waals surface area contributed by atoms with Gasteiger partial charge in [0.25, 0.3) is 5.91 Å². The third kappa shape index (κ3) is 6.50. The van der Waals surface area contributed by atoms with Crippen molar-refractivity contribution in [3.8, 4) is 11.5 Å². The monoisotopic (exact) mass is 554 g/mol. The SMILES string of the molecule is O=C(O)CC(c1cccc(OCC2CCN(c3cc(O)ccc3C(=O)Nc3ccc4c(c3)CCC4)CC2)c1)C1CC1. The molecule has 1 amide bonds. The van der Waals surface area contributed by atoms with Crippen molar-refractivity contribution < 1.29 is 24.5 Å². The lowest BCUT2D eigenvalue weighted by Crippen LogP contribution is -2.36. The van der Waals surface area contributed by atoms with Crippen LogP contribution < -0.4 is 15.0 Å². The fourth-order valence-corrected chi connectivity index (χ4v) is 6.45. The van der Waals surface area contributed by atoms with Gasteiger partial charge in [0.05, 0.1) is 24.3 Å². The van der Waals surface area contributed by atoms with E-state index in [1.165, 1.54) is 11.1 Å². The number of phenols is 1. The predicted octanol–water partition coefficient (Wildman–Crippen LogP) is 6.40. The molecule has 3 aromatic rings. The predicted molar refractivity (Wildman–Crippen MR) is 159 cm³/mol. The lowest BCUT2D eigenvalue weighted by molar-refractivity contribution is -0.137. The number of nitrogens with zero attached hydrogens (tertiary/aromatic N) is 1. The highest BCUT2D eigenvalue weighted by molar-refractivity contribution is 6.08. The summed E-state index contributed by atoms with van der Waals surface area (Å²) in [4.78, 5) is 26.9. The molecule has 6 rings (SSSR count). The number of carboxylic acid groups (broad SMARTS) is 1. The molecule has 7 nitrogen and oxygen atoms in total. The Morgan fingerprint density at radius 1 is 0.951 bits per heavy atom. The molecule has 0 spiro atoms. The average molecular weight is 555 g/mol. The highest BCUT2D eigenvalue weighted by Crippen LogP contribution is 2.45. The number of anilines is 2. The second-order valence-corrected chi connectivity index (χ2v) is 11.8. The highest BCUT2D eigenvalue weighted by atomic mass is 16.5. The van der Waals surface area contributed by atoms with Crippen LogP contribution in [0.2, 0.25) is 0 Å². The molecule has 1 saturated carbocycles. The third-order valence-corrected chi connectivity index (χ3v) is 8.90. The summed E-state index contributed by atoms with van der Waals surface area (Å²) < 4.78 is 6.19. The second kappa shape index (κ2) is 11.9. The maximum atomic E-state index is 13.3. The van der Waals surface area contributed by atoms with E-state index in [2.05, 4.69) is 22.3 Å². The van der Waals surface area contributed by atoms with Crippen LogP contribution in [-0.2, 0) is 17.6 Å². The molecule has 0 aromatic heterocycles. The third-order valence-electron chi connectivity index (χ3n) is 8.90. The zero-order valence-electron chi connectivity index (χ0n) is 23.4. The Balaban J connectivity index is 1.06. The first-order valence-corrected chi connectivity index (χ1v) is 14.9. The highest BCUT2D eigenvalue weighted by Gasteiger charge is 2.34. The van der Waals surface area contributed by atoms with Crippen LogP contribution in [0.15, 0.2) is 60.7 Å². The number of carbonyl (C=O) groups is 2. The van der Waals surface area contributed by atoms with E-state index in [1.54, 1.807) is 18.2 Å². The average Bonchev–Trinajstić information content (AvgIpc) is 3.71. The summed E-state index contributed by atoms with van der Waals surface area (Å²) >= 11 is 0. The molecule has 3 aromatic carbocycles. The van der Waals surface area contributed by atoms with E-state index in [0.717, 1.165) is 80.7 Å². The van der Waals surface area contributed by atoms with Gasteiger partial charge in [-0.15, -0.1) is 0 Å². The van der Waals surface area contributed by atoms with Crippen molar-refractivity contribution in [1.82, 2.24) is 0 Å². The molecular formula is C34H38N2O5. The van der Waals surface area contributed by atoms with Gasteiger partial charge in [0.1, 0.15) is 11.5 Å². The first-order chi connectivity index (χ1) is 19.9. The summed E-state index contributed by atoms with van der Waals surface area (Å²) in [5.74, 6) is 0.894. The van der Waals surface area contributed by atoms with Gasteiger partial charge in [-0.05, 0) is 116 Å². The van der Waals surface area contributed by atoms with E-state index < -0.39 is 5.97 Å². The first-order valence-electron chi connectivity index (χ1n) is 14.9. The van der Waals surface area contributed by atoms with E-state index in [4.69, 9.17) is 4.74 Å². The molecule has 1 unspecified atom stereocenters. The van der Waals surface area contributed by atoms with Crippen molar-refractivity contribution in [2.24, 2.45) is 11.8 Å². The Bertz CT molecular complexity index is 1420. The molecule has 41 heavy (non-hydrogen) atoms. The van der Waals surface area contributed by atoms with Gasteiger partial charge in [-0.1, -0.05) is 18.2 Å². The number of carboxylic acids is 1. The number of ether oxygens (including phenoxy) is 1. The molecule has 214 valence electrons. The molecule has 0 radical (unpaired) electrons. The number of fused-ring (bicyclic) bond motifs is 1. The van der Waals surface area contributed by atoms with Crippen LogP contribution in [0.5, 0.6) is 11.5 Å². The Hall–Kier alpha value is -4.00. The van der Waals surface area contributed by atoms with E-state index >= 15 is 0 Å². The molecule has 1 aliphatic heterocycles. The zero-order chi connectivity index (χ0) is 28.3. The van der Waals surface area contributed by atoms with Crippen LogP contribution in [0.25, 0.3) is 0 Å². The van der Waals surface area contributed by atoms with Crippen molar-refractivity contribution in [3.05, 3.63) is 82.9 Å². The number of carbonyl (C=O) groups excluding carboxylic acids is 1. The van der Waals surface area contributed by atoms with E-state index in [9.17, 15) is 19.8 Å². The number of hydrogen-bond donors (Lipinski definition) is 3. The summed E-state index contributed by atoms with van der Waals surface area (Å²) in [6, 6.07) is 19.1. The molecule has 3 aliphatic rings. The topological polar surface area (TPSA) is 99.1 Å². The fraction of sp³-hybridized carbons (Fsp3) is 0.412. The van der Waals surface area contributed by atoms with Crippen LogP contribution in [-0.4, -0.2) is 41.8 Å². The number of rotatable bonds is 10. The number of benzene rings is 3. The molecule has 7 heteroatoms. The summed E-state index contributed by atoms with van der Waals surface area (Å²) in [5.41, 5.74) is 5.85. The maximum absolute atomic E-state index is 13.3. The Morgan fingerprint density at radius 3 is 2.54 bits per heavy atom. The van der Waals surface area contributed by atoms with Gasteiger partial charge in [-0.3, -0.25) is 9.59 Å². The summed E-state index contributed by atoms with van der Waals surface area (Å²) in [5, 5.41) is 22.7. The lowest BCUT2D eigenvalue weighted by atomic mass is 9.91. The van der Waals surface area contributed by atoms with E-state index in [-0.39, 0.29) is 24.0 Å². The largest absolute Gasteiger partial charge is 0.508 e. The van der Waals surface area contributed by atoms with Crippen molar-refractivity contribution in [3.63, 3.8) is 0 Å². The molecule has 1 atom stereocenters. The summed E-state index contributed by atoms with van der Waals surface area (Å²) in [6.45, 7) is 2.12. The van der Waals surface area contributed by atoms with Crippen LogP contribution in [0, 0.1) is 11.8 Å². The van der Waals surface area contributed by atoms with Gasteiger partial charge in [-0.2, -0.15) is 0 Å². The quantitative estimate of drug-likeness (QED) is 0.268. The smallest absolute Gasteiger partial charge is 0.303 e. The molecule has 1 heterocycles. The number of amides is 1. The van der Waals surface area contributed by atoms with E-state index in [0.29, 0.717) is 24.0 Å². The number of aromatic hydroxyl groups is 1. The number of hydrogen-bond acceptors (Lipinski definition) is 5. The summed E-state index contributed by atoms with van der Waals surface area (Å²) in [6.07, 6.45) is 7.49. The Morgan fingerprint density at radius 2 is 1.76 bits per heavy atom. The van der Waals surface area contributed by atoms with E-state index in [1.807, 2.05) is 30.3 Å². The van der Waals surface area contributed by atoms with Gasteiger partial charge in [-0.25, -0.2) is 0 Å². The first kappa shape index (κ1) is 27.2. The van der Waals surface area contributed by atoms with Crippen molar-refractivity contribution in [2.75, 3.05) is 29.9 Å². The minimum atomic E-state index is -0.754. The van der Waals surface area contributed by atoms with Crippen LogP contribution >= 0.6 is 0 Å². The maximum Gasteiger partial charge on any atom is 0.303 e. The van der Waals surface area contributed by atoms with Gasteiger partial charge < -0.3 is 25.2 Å². The fourth-order valence-electron chi connectivity index (χ4n) is 6.45. The number of piperidine rings is 1. The van der Waals surface area contributed by atoms with Crippen molar-refractivity contribution >= 4 is 23.3 Å². The molecule has 2 fully saturated rings. The molecular weight excluding hydrogens is 516 g/mol. The number of aliphatic carboxylic acids is 1. The normalized spacial score (nSPS) is 17.6. The van der Waals surface area contributed by atoms with Crippen molar-refractivity contribution in [2.45, 2.75) is 57.3 Å². The van der Waals surface area contributed by atoms with Gasteiger partial charge in [0.2, 0.25) is 0 Å². The van der Waals surface area contributed by atoms with Crippen LogP contribution in [0.1, 0.15) is 71.5 Å². The Kier molecular flexibility index (Phi) is 7.86. The van der Waals surface area contributed by atoms with Gasteiger partial charge in [0.15, 0.2) is 0 Å². The zero-order valence-corrected chi connectivity index (χ0v) is 23.4. The summed E-state index contributed by atoms with van der Waals surface area (Å²) in [7, 11) is 0. The molecule has 0 bridgehead atoms. The second-order valence-electron chi connectivity index (χ2n) is 11.8. The Labute approximate surface area is 241 Å². The number of nitrogens with one attached hydrogen (secondary N) is 1.